The molecule has 1 nitrogen and oxygen atoms in total. The van der Waals surface area contributed by atoms with Gasteiger partial charge < -0.3 is 4.74 Å². The molecule has 2 atom stereocenters. The zero-order valence-electron chi connectivity index (χ0n) is 16.2. The Morgan fingerprint density at radius 1 is 1.04 bits per heavy atom. The lowest BCUT2D eigenvalue weighted by Gasteiger charge is -2.30. The van der Waals surface area contributed by atoms with Gasteiger partial charge in [-0.05, 0) is 65.5 Å². The van der Waals surface area contributed by atoms with Crippen LogP contribution in [-0.2, 0) is 11.2 Å². The Bertz CT molecular complexity index is 917. The molecule has 0 radical (unpaired) electrons. The van der Waals surface area contributed by atoms with Crippen LogP contribution in [0.25, 0.3) is 11.6 Å². The fraction of sp³-hybridized carbons (Fsp3) is 0.385. The molecule has 0 aromatic heterocycles. The zero-order chi connectivity index (χ0) is 18.2. The van der Waals surface area contributed by atoms with Crippen molar-refractivity contribution in [3.8, 4) is 0 Å². The summed E-state index contributed by atoms with van der Waals surface area (Å²) in [5.74, 6) is 0.511. The smallest absolute Gasteiger partial charge is 0.105 e. The van der Waals surface area contributed by atoms with Crippen molar-refractivity contribution in [2.75, 3.05) is 6.61 Å². The van der Waals surface area contributed by atoms with E-state index in [-0.39, 0.29) is 6.10 Å². The molecule has 0 saturated heterocycles. The van der Waals surface area contributed by atoms with Crippen LogP contribution in [0.4, 0.5) is 0 Å². The minimum atomic E-state index is 0.136. The van der Waals surface area contributed by atoms with Gasteiger partial charge in [-0.15, -0.1) is 0 Å². The molecular weight excluding hydrogens is 328 g/mol. The molecule has 0 heterocycles. The van der Waals surface area contributed by atoms with Crippen molar-refractivity contribution >= 4 is 11.6 Å². The van der Waals surface area contributed by atoms with Crippen LogP contribution in [0.15, 0.2) is 59.7 Å². The molecule has 0 aliphatic heterocycles. The van der Waals surface area contributed by atoms with Crippen LogP contribution >= 0.6 is 0 Å². The van der Waals surface area contributed by atoms with Crippen molar-refractivity contribution < 1.29 is 4.74 Å². The normalized spacial score (nSPS) is 23.1. The minimum absolute atomic E-state index is 0.136. The standard InChI is InChI=1S/C26H28O/c1-2-3-15-27-26-22-13-7-5-10-19(22)17-24(26)23-14-8-11-20-16-18-9-4-6-12-21(18)25(20)23/h4-7,9-10,12-13,17,23,26H,2-3,8,11,14-16H2,1H3. The highest BCUT2D eigenvalue weighted by Gasteiger charge is 2.37. The first-order valence-electron chi connectivity index (χ1n) is 10.6. The highest BCUT2D eigenvalue weighted by molar-refractivity contribution is 5.82. The maximum Gasteiger partial charge on any atom is 0.105 e. The van der Waals surface area contributed by atoms with Crippen molar-refractivity contribution in [1.29, 1.82) is 0 Å². The summed E-state index contributed by atoms with van der Waals surface area (Å²) in [6, 6.07) is 17.9. The Morgan fingerprint density at radius 3 is 2.81 bits per heavy atom. The third kappa shape index (κ3) is 2.89. The third-order valence-corrected chi connectivity index (χ3v) is 6.50. The van der Waals surface area contributed by atoms with Crippen LogP contribution in [0.5, 0.6) is 0 Å². The molecule has 2 aromatic rings. The van der Waals surface area contributed by atoms with Crippen molar-refractivity contribution in [2.45, 2.75) is 51.6 Å². The van der Waals surface area contributed by atoms with E-state index in [9.17, 15) is 0 Å². The second-order valence-corrected chi connectivity index (χ2v) is 8.17. The topological polar surface area (TPSA) is 9.23 Å². The molecule has 0 spiro atoms. The molecule has 3 aliphatic rings. The summed E-state index contributed by atoms with van der Waals surface area (Å²) < 4.78 is 6.48. The Kier molecular flexibility index (Phi) is 4.49. The maximum absolute atomic E-state index is 6.48. The van der Waals surface area contributed by atoms with Crippen LogP contribution in [0.1, 0.15) is 67.4 Å². The summed E-state index contributed by atoms with van der Waals surface area (Å²) in [5, 5.41) is 0. The molecule has 5 rings (SSSR count). The predicted molar refractivity (Wildman–Crippen MR) is 112 cm³/mol. The monoisotopic (exact) mass is 356 g/mol. The first-order chi connectivity index (χ1) is 13.4. The van der Waals surface area contributed by atoms with Gasteiger partial charge in [-0.25, -0.2) is 0 Å². The summed E-state index contributed by atoms with van der Waals surface area (Å²) in [4.78, 5) is 0. The lowest BCUT2D eigenvalue weighted by atomic mass is 9.77. The van der Waals surface area contributed by atoms with Crippen molar-refractivity contribution in [2.24, 2.45) is 5.92 Å². The molecule has 138 valence electrons. The van der Waals surface area contributed by atoms with Crippen LogP contribution in [0.3, 0.4) is 0 Å². The van der Waals surface area contributed by atoms with Crippen LogP contribution in [0.2, 0.25) is 0 Å². The first kappa shape index (κ1) is 17.0. The third-order valence-electron chi connectivity index (χ3n) is 6.50. The van der Waals surface area contributed by atoms with Gasteiger partial charge in [-0.3, -0.25) is 0 Å². The zero-order valence-corrected chi connectivity index (χ0v) is 16.2. The maximum atomic E-state index is 6.48. The van der Waals surface area contributed by atoms with Gasteiger partial charge in [0, 0.05) is 12.5 Å². The highest BCUT2D eigenvalue weighted by Crippen LogP contribution is 2.52. The Labute approximate surface area is 162 Å². The Hall–Kier alpha value is -2.12. The molecule has 2 aromatic carbocycles. The Balaban J connectivity index is 1.54. The minimum Gasteiger partial charge on any atom is -0.369 e. The van der Waals surface area contributed by atoms with Gasteiger partial charge >= 0.3 is 0 Å². The molecule has 1 heteroatoms. The lowest BCUT2D eigenvalue weighted by molar-refractivity contribution is 0.0724. The highest BCUT2D eigenvalue weighted by atomic mass is 16.5. The number of allylic oxidation sites excluding steroid dienone is 2. The van der Waals surface area contributed by atoms with E-state index in [1.807, 2.05) is 0 Å². The summed E-state index contributed by atoms with van der Waals surface area (Å²) in [6.45, 7) is 3.08. The van der Waals surface area contributed by atoms with Gasteiger partial charge in [0.2, 0.25) is 0 Å². The van der Waals surface area contributed by atoms with E-state index in [0.29, 0.717) is 5.92 Å². The van der Waals surface area contributed by atoms with E-state index < -0.39 is 0 Å². The largest absolute Gasteiger partial charge is 0.369 e. The number of ether oxygens (including phenoxy) is 1. The van der Waals surface area contributed by atoms with Gasteiger partial charge in [0.15, 0.2) is 0 Å². The molecule has 27 heavy (non-hydrogen) atoms. The average molecular weight is 357 g/mol. The number of rotatable bonds is 5. The molecule has 3 aliphatic carbocycles. The first-order valence-corrected chi connectivity index (χ1v) is 10.6. The fourth-order valence-corrected chi connectivity index (χ4v) is 5.24. The molecule has 0 bridgehead atoms. The van der Waals surface area contributed by atoms with Gasteiger partial charge in [0.05, 0.1) is 0 Å². The average Bonchev–Trinajstić information content (AvgIpc) is 3.26. The summed E-state index contributed by atoms with van der Waals surface area (Å²) in [7, 11) is 0. The molecule has 0 amide bonds. The van der Waals surface area contributed by atoms with Gasteiger partial charge in [0.1, 0.15) is 6.10 Å². The number of hydrogen-bond acceptors (Lipinski definition) is 1. The lowest BCUT2D eigenvalue weighted by Crippen LogP contribution is -2.17. The summed E-state index contributed by atoms with van der Waals surface area (Å²) in [6.07, 6.45) is 9.86. The Morgan fingerprint density at radius 2 is 1.89 bits per heavy atom. The van der Waals surface area contributed by atoms with Gasteiger partial charge in [-0.1, -0.05) is 73.5 Å². The number of hydrogen-bond donors (Lipinski definition) is 0. The molecule has 0 N–H and O–H groups in total. The van der Waals surface area contributed by atoms with E-state index in [4.69, 9.17) is 4.74 Å². The van der Waals surface area contributed by atoms with Crippen LogP contribution in [0, 0.1) is 5.92 Å². The quantitative estimate of drug-likeness (QED) is 0.538. The van der Waals surface area contributed by atoms with E-state index >= 15 is 0 Å². The summed E-state index contributed by atoms with van der Waals surface area (Å²) in [5.41, 5.74) is 10.5. The second kappa shape index (κ2) is 7.13. The van der Waals surface area contributed by atoms with E-state index in [0.717, 1.165) is 19.4 Å². The molecular formula is C26H28O. The van der Waals surface area contributed by atoms with E-state index in [1.165, 1.54) is 53.5 Å². The predicted octanol–water partition coefficient (Wildman–Crippen LogP) is 6.75. The number of unbranched alkanes of at least 4 members (excludes halogenated alkanes) is 1. The molecule has 0 fully saturated rings. The van der Waals surface area contributed by atoms with Crippen molar-refractivity contribution in [1.82, 2.24) is 0 Å². The van der Waals surface area contributed by atoms with E-state index in [1.54, 1.807) is 11.1 Å². The van der Waals surface area contributed by atoms with Crippen molar-refractivity contribution in [3.63, 3.8) is 0 Å². The van der Waals surface area contributed by atoms with Gasteiger partial charge in [-0.2, -0.15) is 0 Å². The van der Waals surface area contributed by atoms with Crippen LogP contribution in [-0.4, -0.2) is 6.61 Å². The molecule has 2 unspecified atom stereocenters. The number of benzene rings is 2. The van der Waals surface area contributed by atoms with E-state index in [2.05, 4.69) is 61.5 Å². The number of fused-ring (bicyclic) bond motifs is 3. The van der Waals surface area contributed by atoms with Gasteiger partial charge in [0.25, 0.3) is 0 Å². The second-order valence-electron chi connectivity index (χ2n) is 8.17. The van der Waals surface area contributed by atoms with Crippen LogP contribution < -0.4 is 0 Å². The summed E-state index contributed by atoms with van der Waals surface area (Å²) >= 11 is 0. The van der Waals surface area contributed by atoms with Crippen molar-refractivity contribution in [3.05, 3.63) is 81.9 Å². The fourth-order valence-electron chi connectivity index (χ4n) is 5.24. The molecule has 0 saturated carbocycles. The SMILES string of the molecule is CCCCOC1C(C2CCCC3=C2c2ccccc2C3)=Cc2ccccc21.